The lowest BCUT2D eigenvalue weighted by atomic mass is 9.78. The summed E-state index contributed by atoms with van der Waals surface area (Å²) in [6.07, 6.45) is 1.94. The molecule has 130 valence electrons. The molecule has 1 fully saturated rings. The molecule has 0 N–H and O–H groups in total. The van der Waals surface area contributed by atoms with E-state index >= 15 is 0 Å². The summed E-state index contributed by atoms with van der Waals surface area (Å²) in [5, 5.41) is 0. The van der Waals surface area contributed by atoms with Gasteiger partial charge in [-0.3, -0.25) is 0 Å². The van der Waals surface area contributed by atoms with E-state index in [-0.39, 0.29) is 18.3 Å². The average Bonchev–Trinajstić information content (AvgIpc) is 2.82. The monoisotopic (exact) mass is 334 g/mol. The third-order valence-corrected chi connectivity index (χ3v) is 5.40. The molecule has 1 saturated heterocycles. The first kappa shape index (κ1) is 18.0. The Morgan fingerprint density at radius 1 is 0.880 bits per heavy atom. The summed E-state index contributed by atoms with van der Waals surface area (Å²) in [6.45, 7) is 12.5. The molecule has 3 rings (SSSR count). The maximum atomic E-state index is 6.11. The van der Waals surface area contributed by atoms with Gasteiger partial charge in [0, 0.05) is 0 Å². The van der Waals surface area contributed by atoms with Gasteiger partial charge in [0.2, 0.25) is 0 Å². The Bertz CT molecular complexity index is 716. The molecule has 2 aromatic rings. The Morgan fingerprint density at radius 3 is 2.00 bits per heavy atom. The van der Waals surface area contributed by atoms with Gasteiger partial charge in [0.15, 0.2) is 0 Å². The van der Waals surface area contributed by atoms with Crippen LogP contribution >= 0.6 is 0 Å². The van der Waals surface area contributed by atoms with Crippen molar-refractivity contribution in [2.75, 3.05) is 0 Å². The first-order valence-corrected chi connectivity index (χ1v) is 8.96. The highest BCUT2D eigenvalue weighted by Gasteiger charge is 2.51. The smallest absolute Gasteiger partial charge is 0.399 e. The summed E-state index contributed by atoms with van der Waals surface area (Å²) in [7, 11) is -0.293. The summed E-state index contributed by atoms with van der Waals surface area (Å²) in [5.41, 5.74) is 4.17. The maximum absolute atomic E-state index is 6.11. The topological polar surface area (TPSA) is 18.5 Å². The van der Waals surface area contributed by atoms with Gasteiger partial charge in [0.05, 0.1) is 11.2 Å². The lowest BCUT2D eigenvalue weighted by Crippen LogP contribution is -2.41. The van der Waals surface area contributed by atoms with Crippen LogP contribution in [0.4, 0.5) is 0 Å². The van der Waals surface area contributed by atoms with Crippen LogP contribution in [-0.4, -0.2) is 18.3 Å². The summed E-state index contributed by atoms with van der Waals surface area (Å²) in [5.74, 6) is 0. The highest BCUT2D eigenvalue weighted by atomic mass is 16.7. The van der Waals surface area contributed by atoms with E-state index < -0.39 is 0 Å². The van der Waals surface area contributed by atoms with Gasteiger partial charge in [-0.15, -0.1) is 0 Å². The fourth-order valence-corrected chi connectivity index (χ4v) is 2.93. The van der Waals surface area contributed by atoms with Crippen LogP contribution in [-0.2, 0) is 15.7 Å². The van der Waals surface area contributed by atoms with E-state index in [1.165, 1.54) is 16.7 Å². The number of aryl methyl sites for hydroxylation is 1. The quantitative estimate of drug-likeness (QED) is 0.742. The molecule has 0 aliphatic carbocycles. The van der Waals surface area contributed by atoms with Crippen molar-refractivity contribution in [3.8, 4) is 0 Å². The molecule has 3 heteroatoms. The minimum Gasteiger partial charge on any atom is -0.399 e. The number of allylic oxidation sites excluding steroid dienone is 1. The molecule has 0 atom stereocenters. The van der Waals surface area contributed by atoms with Crippen molar-refractivity contribution in [1.82, 2.24) is 0 Å². The number of rotatable bonds is 5. The van der Waals surface area contributed by atoms with Crippen LogP contribution in [0.15, 0.2) is 61.2 Å². The number of hydrogen-bond acceptors (Lipinski definition) is 2. The molecule has 0 saturated carbocycles. The predicted molar refractivity (Wildman–Crippen MR) is 106 cm³/mol. The minimum atomic E-state index is -0.302. The van der Waals surface area contributed by atoms with E-state index in [0.717, 1.165) is 18.3 Å². The molecular formula is C22H27BO2. The fraction of sp³-hybridized carbons (Fsp3) is 0.364. The third-order valence-electron chi connectivity index (χ3n) is 5.40. The molecule has 1 heterocycles. The van der Waals surface area contributed by atoms with Gasteiger partial charge >= 0.3 is 7.12 Å². The van der Waals surface area contributed by atoms with Crippen molar-refractivity contribution in [1.29, 1.82) is 0 Å². The van der Waals surface area contributed by atoms with Crippen molar-refractivity contribution in [3.05, 3.63) is 72.3 Å². The van der Waals surface area contributed by atoms with Crippen molar-refractivity contribution in [2.45, 2.75) is 51.7 Å². The Balaban J connectivity index is 1.61. The summed E-state index contributed by atoms with van der Waals surface area (Å²) in [6, 6.07) is 18.9. The van der Waals surface area contributed by atoms with Gasteiger partial charge < -0.3 is 9.31 Å². The SMILES string of the molecule is C=C(CCc1ccc(B2OC(C)(C)C(C)(C)O2)cc1)c1ccccc1. The lowest BCUT2D eigenvalue weighted by Gasteiger charge is -2.32. The molecular weight excluding hydrogens is 307 g/mol. The molecule has 2 aromatic carbocycles. The number of benzene rings is 2. The van der Waals surface area contributed by atoms with E-state index in [9.17, 15) is 0 Å². The molecule has 0 unspecified atom stereocenters. The molecule has 25 heavy (non-hydrogen) atoms. The van der Waals surface area contributed by atoms with Gasteiger partial charge in [-0.25, -0.2) is 0 Å². The zero-order valence-corrected chi connectivity index (χ0v) is 15.7. The van der Waals surface area contributed by atoms with Crippen molar-refractivity contribution >= 4 is 18.2 Å². The minimum absolute atomic E-state index is 0.293. The molecule has 1 aliphatic rings. The van der Waals surface area contributed by atoms with Crippen LogP contribution in [0, 0.1) is 0 Å². The second kappa shape index (κ2) is 6.82. The van der Waals surface area contributed by atoms with E-state index in [4.69, 9.17) is 9.31 Å². The Kier molecular flexibility index (Phi) is 4.90. The second-order valence-corrected chi connectivity index (χ2v) is 7.80. The maximum Gasteiger partial charge on any atom is 0.494 e. The second-order valence-electron chi connectivity index (χ2n) is 7.80. The number of hydrogen-bond donors (Lipinski definition) is 0. The summed E-state index contributed by atoms with van der Waals surface area (Å²) in [4.78, 5) is 0. The zero-order valence-electron chi connectivity index (χ0n) is 15.7. The Labute approximate surface area is 152 Å². The van der Waals surface area contributed by atoms with Crippen LogP contribution in [0.5, 0.6) is 0 Å². The molecule has 1 aliphatic heterocycles. The first-order chi connectivity index (χ1) is 11.8. The Morgan fingerprint density at radius 2 is 1.44 bits per heavy atom. The van der Waals surface area contributed by atoms with E-state index in [1.54, 1.807) is 0 Å². The predicted octanol–water partition coefficient (Wildman–Crippen LogP) is 4.63. The lowest BCUT2D eigenvalue weighted by molar-refractivity contribution is 0.00578. The van der Waals surface area contributed by atoms with Crippen molar-refractivity contribution in [3.63, 3.8) is 0 Å². The van der Waals surface area contributed by atoms with E-state index in [1.807, 2.05) is 6.07 Å². The van der Waals surface area contributed by atoms with Gasteiger partial charge in [0.25, 0.3) is 0 Å². The fourth-order valence-electron chi connectivity index (χ4n) is 2.93. The molecule has 0 bridgehead atoms. The van der Waals surface area contributed by atoms with Crippen molar-refractivity contribution < 1.29 is 9.31 Å². The molecule has 0 radical (unpaired) electrons. The summed E-state index contributed by atoms with van der Waals surface area (Å²) >= 11 is 0. The molecule has 2 nitrogen and oxygen atoms in total. The van der Waals surface area contributed by atoms with Crippen LogP contribution < -0.4 is 5.46 Å². The highest BCUT2D eigenvalue weighted by Crippen LogP contribution is 2.36. The standard InChI is InChI=1S/C22H27BO2/c1-17(19-9-7-6-8-10-19)11-12-18-13-15-20(16-14-18)23-24-21(2,3)22(4,5)25-23/h6-10,13-16H,1,11-12H2,2-5H3. The Hall–Kier alpha value is -1.84. The normalized spacial score (nSPS) is 18.3. The van der Waals surface area contributed by atoms with Crippen molar-refractivity contribution in [2.24, 2.45) is 0 Å². The first-order valence-electron chi connectivity index (χ1n) is 8.96. The molecule has 0 spiro atoms. The summed E-state index contributed by atoms with van der Waals surface area (Å²) < 4.78 is 12.2. The van der Waals surface area contributed by atoms with E-state index in [0.29, 0.717) is 0 Å². The van der Waals surface area contributed by atoms with Crippen LogP contribution in [0.2, 0.25) is 0 Å². The molecule has 0 amide bonds. The zero-order chi connectivity index (χ0) is 18.1. The third kappa shape index (κ3) is 3.89. The molecule has 0 aromatic heterocycles. The van der Waals surface area contributed by atoms with Gasteiger partial charge in [-0.1, -0.05) is 61.2 Å². The van der Waals surface area contributed by atoms with Gasteiger partial charge in [-0.2, -0.15) is 0 Å². The van der Waals surface area contributed by atoms with Gasteiger partial charge in [0.1, 0.15) is 0 Å². The largest absolute Gasteiger partial charge is 0.494 e. The van der Waals surface area contributed by atoms with Gasteiger partial charge in [-0.05, 0) is 62.7 Å². The van der Waals surface area contributed by atoms with E-state index in [2.05, 4.69) is 82.8 Å². The average molecular weight is 334 g/mol. The van der Waals surface area contributed by atoms with Crippen LogP contribution in [0.25, 0.3) is 5.57 Å². The van der Waals surface area contributed by atoms with Crippen LogP contribution in [0.1, 0.15) is 45.2 Å². The van der Waals surface area contributed by atoms with Crippen LogP contribution in [0.3, 0.4) is 0 Å². The highest BCUT2D eigenvalue weighted by molar-refractivity contribution is 6.62.